The minimum absolute atomic E-state index is 0.0624. The van der Waals surface area contributed by atoms with E-state index in [4.69, 9.17) is 5.11 Å². The van der Waals surface area contributed by atoms with Gasteiger partial charge in [-0.05, 0) is 26.2 Å². The molecule has 0 aromatic carbocycles. The summed E-state index contributed by atoms with van der Waals surface area (Å²) >= 11 is 0. The Bertz CT molecular complexity index is 227. The van der Waals surface area contributed by atoms with Crippen LogP contribution in [0.15, 0.2) is 0 Å². The average molecular weight is 185 g/mol. The molecule has 1 N–H and O–H groups in total. The molecule has 0 bridgehead atoms. The molecule has 1 amide bonds. The van der Waals surface area contributed by atoms with Gasteiger partial charge in [-0.25, -0.2) is 4.79 Å². The van der Waals surface area contributed by atoms with Crippen LogP contribution in [0.5, 0.6) is 0 Å². The summed E-state index contributed by atoms with van der Waals surface area (Å²) in [6, 6.07) is -0.548. The molecule has 1 saturated heterocycles. The maximum absolute atomic E-state index is 11.2. The highest BCUT2D eigenvalue weighted by Gasteiger charge is 2.34. The van der Waals surface area contributed by atoms with Crippen LogP contribution in [-0.4, -0.2) is 34.0 Å². The zero-order chi connectivity index (χ0) is 10.0. The number of carboxylic acids is 1. The number of hydrogen-bond donors (Lipinski definition) is 1. The number of carbonyl (C=O) groups excluding carboxylic acids is 1. The van der Waals surface area contributed by atoms with Crippen molar-refractivity contribution < 1.29 is 14.7 Å². The van der Waals surface area contributed by atoms with Crippen LogP contribution in [0.4, 0.5) is 0 Å². The highest BCUT2D eigenvalue weighted by atomic mass is 16.4. The Morgan fingerprint density at radius 1 is 1.38 bits per heavy atom. The third-order valence-electron chi connectivity index (χ3n) is 2.56. The van der Waals surface area contributed by atoms with E-state index >= 15 is 0 Å². The van der Waals surface area contributed by atoms with Gasteiger partial charge in [-0.1, -0.05) is 0 Å². The highest BCUT2D eigenvalue weighted by molar-refractivity contribution is 5.82. The smallest absolute Gasteiger partial charge is 0.326 e. The molecule has 13 heavy (non-hydrogen) atoms. The molecule has 1 aliphatic heterocycles. The van der Waals surface area contributed by atoms with E-state index in [2.05, 4.69) is 0 Å². The predicted octanol–water partition coefficient (Wildman–Crippen LogP) is 0.861. The fourth-order valence-electron chi connectivity index (χ4n) is 1.96. The molecule has 0 saturated carbocycles. The molecule has 2 atom stereocenters. The fraction of sp³-hybridized carbons (Fsp3) is 0.778. The monoisotopic (exact) mass is 185 g/mol. The van der Waals surface area contributed by atoms with Crippen LogP contribution >= 0.6 is 0 Å². The second-order valence-electron chi connectivity index (χ2n) is 3.56. The van der Waals surface area contributed by atoms with Gasteiger partial charge in [0.15, 0.2) is 0 Å². The van der Waals surface area contributed by atoms with Crippen LogP contribution < -0.4 is 0 Å². The summed E-state index contributed by atoms with van der Waals surface area (Å²) in [5.41, 5.74) is 0. The third-order valence-corrected chi connectivity index (χ3v) is 2.56. The van der Waals surface area contributed by atoms with E-state index in [0.717, 1.165) is 12.8 Å². The zero-order valence-corrected chi connectivity index (χ0v) is 7.99. The first-order valence-electron chi connectivity index (χ1n) is 4.55. The first kappa shape index (κ1) is 10.0. The summed E-state index contributed by atoms with van der Waals surface area (Å²) in [6.07, 6.45) is 2.38. The summed E-state index contributed by atoms with van der Waals surface area (Å²) in [5.74, 6) is -1.03. The molecule has 0 aliphatic carbocycles. The Kier molecular flexibility index (Phi) is 2.90. The SMILES string of the molecule is CC(=O)N1C(C)CCCC1C(=O)O. The Morgan fingerprint density at radius 2 is 2.00 bits per heavy atom. The Hall–Kier alpha value is -1.06. The number of rotatable bonds is 1. The van der Waals surface area contributed by atoms with Crippen molar-refractivity contribution in [1.29, 1.82) is 0 Å². The first-order valence-corrected chi connectivity index (χ1v) is 4.55. The number of likely N-dealkylation sites (tertiary alicyclic amines) is 1. The van der Waals surface area contributed by atoms with Gasteiger partial charge >= 0.3 is 5.97 Å². The lowest BCUT2D eigenvalue weighted by atomic mass is 9.96. The molecule has 0 aromatic rings. The van der Waals surface area contributed by atoms with Crippen LogP contribution in [0, 0.1) is 0 Å². The van der Waals surface area contributed by atoms with Crippen LogP contribution in [0.2, 0.25) is 0 Å². The molecule has 1 heterocycles. The van der Waals surface area contributed by atoms with Crippen molar-refractivity contribution >= 4 is 11.9 Å². The maximum Gasteiger partial charge on any atom is 0.326 e. The number of carbonyl (C=O) groups is 2. The van der Waals surface area contributed by atoms with Crippen LogP contribution in [0.1, 0.15) is 33.1 Å². The molecular formula is C9H15NO3. The van der Waals surface area contributed by atoms with Crippen molar-refractivity contribution in [3.63, 3.8) is 0 Å². The Labute approximate surface area is 77.5 Å². The standard InChI is InChI=1S/C9H15NO3/c1-6-4-3-5-8(9(12)13)10(6)7(2)11/h6,8H,3-5H2,1-2H3,(H,12,13). The minimum atomic E-state index is -0.887. The number of aliphatic carboxylic acids is 1. The van der Waals surface area contributed by atoms with E-state index in [-0.39, 0.29) is 11.9 Å². The molecule has 1 aliphatic rings. The predicted molar refractivity (Wildman–Crippen MR) is 47.3 cm³/mol. The van der Waals surface area contributed by atoms with Gasteiger partial charge in [-0.3, -0.25) is 4.79 Å². The summed E-state index contributed by atoms with van der Waals surface area (Å²) in [6.45, 7) is 3.33. The van der Waals surface area contributed by atoms with E-state index in [9.17, 15) is 9.59 Å². The van der Waals surface area contributed by atoms with Gasteiger partial charge in [0.2, 0.25) is 5.91 Å². The van der Waals surface area contributed by atoms with Gasteiger partial charge < -0.3 is 10.0 Å². The molecule has 0 radical (unpaired) electrons. The Morgan fingerprint density at radius 3 is 2.38 bits per heavy atom. The third kappa shape index (κ3) is 1.99. The number of piperidine rings is 1. The van der Waals surface area contributed by atoms with Gasteiger partial charge in [-0.15, -0.1) is 0 Å². The number of nitrogens with zero attached hydrogens (tertiary/aromatic N) is 1. The second kappa shape index (κ2) is 3.77. The van der Waals surface area contributed by atoms with E-state index in [1.165, 1.54) is 11.8 Å². The minimum Gasteiger partial charge on any atom is -0.480 e. The number of hydrogen-bond acceptors (Lipinski definition) is 2. The van der Waals surface area contributed by atoms with E-state index in [0.29, 0.717) is 6.42 Å². The normalized spacial score (nSPS) is 28.6. The van der Waals surface area contributed by atoms with Crippen molar-refractivity contribution in [2.75, 3.05) is 0 Å². The van der Waals surface area contributed by atoms with Crippen molar-refractivity contribution in [3.8, 4) is 0 Å². The summed E-state index contributed by atoms with van der Waals surface area (Å²) in [7, 11) is 0. The molecule has 1 fully saturated rings. The largest absolute Gasteiger partial charge is 0.480 e. The molecule has 4 heteroatoms. The topological polar surface area (TPSA) is 57.6 Å². The van der Waals surface area contributed by atoms with Crippen LogP contribution in [-0.2, 0) is 9.59 Å². The lowest BCUT2D eigenvalue weighted by molar-refractivity contribution is -0.153. The van der Waals surface area contributed by atoms with Crippen molar-refractivity contribution in [1.82, 2.24) is 4.90 Å². The highest BCUT2D eigenvalue weighted by Crippen LogP contribution is 2.22. The summed E-state index contributed by atoms with van der Waals surface area (Å²) in [4.78, 5) is 23.5. The molecule has 0 spiro atoms. The van der Waals surface area contributed by atoms with Crippen LogP contribution in [0.3, 0.4) is 0 Å². The molecule has 1 rings (SSSR count). The lowest BCUT2D eigenvalue weighted by Crippen LogP contribution is -2.51. The van der Waals surface area contributed by atoms with Crippen LogP contribution in [0.25, 0.3) is 0 Å². The van der Waals surface area contributed by atoms with Gasteiger partial charge in [-0.2, -0.15) is 0 Å². The van der Waals surface area contributed by atoms with E-state index < -0.39 is 12.0 Å². The number of carboxylic acid groups (broad SMARTS) is 1. The average Bonchev–Trinajstić information content (AvgIpc) is 2.02. The summed E-state index contributed by atoms with van der Waals surface area (Å²) in [5, 5.41) is 8.88. The first-order chi connectivity index (χ1) is 6.04. The quantitative estimate of drug-likeness (QED) is 0.659. The van der Waals surface area contributed by atoms with E-state index in [1.54, 1.807) is 0 Å². The van der Waals surface area contributed by atoms with Crippen molar-refractivity contribution in [3.05, 3.63) is 0 Å². The van der Waals surface area contributed by atoms with Crippen molar-refractivity contribution in [2.24, 2.45) is 0 Å². The molecule has 4 nitrogen and oxygen atoms in total. The van der Waals surface area contributed by atoms with Gasteiger partial charge in [0.1, 0.15) is 6.04 Å². The zero-order valence-electron chi connectivity index (χ0n) is 7.99. The number of amides is 1. The molecule has 74 valence electrons. The summed E-state index contributed by atoms with van der Waals surface area (Å²) < 4.78 is 0. The molecule has 2 unspecified atom stereocenters. The van der Waals surface area contributed by atoms with Gasteiger partial charge in [0.05, 0.1) is 0 Å². The van der Waals surface area contributed by atoms with E-state index in [1.807, 2.05) is 6.92 Å². The van der Waals surface area contributed by atoms with Gasteiger partial charge in [0.25, 0.3) is 0 Å². The fourth-order valence-corrected chi connectivity index (χ4v) is 1.96. The maximum atomic E-state index is 11.2. The lowest BCUT2D eigenvalue weighted by Gasteiger charge is -2.37. The second-order valence-corrected chi connectivity index (χ2v) is 3.56. The Balaban J connectivity index is 2.80. The van der Waals surface area contributed by atoms with Gasteiger partial charge in [0, 0.05) is 13.0 Å². The molecular weight excluding hydrogens is 170 g/mol. The van der Waals surface area contributed by atoms with Crippen molar-refractivity contribution in [2.45, 2.75) is 45.2 Å². The molecule has 0 aromatic heterocycles.